The number of carbonyl (C=O) groups excluding carboxylic acids is 4. The van der Waals surface area contributed by atoms with Crippen molar-refractivity contribution in [3.05, 3.63) is 21.9 Å². The van der Waals surface area contributed by atoms with E-state index in [1.807, 2.05) is 0 Å². The Morgan fingerprint density at radius 1 is 1.00 bits per heavy atom. The van der Waals surface area contributed by atoms with Gasteiger partial charge in [-0.2, -0.15) is 0 Å². The maximum absolute atomic E-state index is 11.9. The Kier molecular flexibility index (Phi) is 7.53. The predicted molar refractivity (Wildman–Crippen MR) is 95.6 cm³/mol. The second kappa shape index (κ2) is 9.65. The molecule has 2 rings (SSSR count). The highest BCUT2D eigenvalue weighted by atomic mass is 32.1. The van der Waals surface area contributed by atoms with Gasteiger partial charge in [0.05, 0.1) is 12.2 Å². The van der Waals surface area contributed by atoms with Gasteiger partial charge in [0, 0.05) is 31.0 Å². The SMILES string of the molecule is CCOC(=O)c1csc([C@H]2O[C@H](COC(C)=O)[C@@H](OC(C)=O)[C@H]2OC(C)=O)c1. The van der Waals surface area contributed by atoms with Crippen molar-refractivity contribution in [3.8, 4) is 0 Å². The molecular weight excluding hydrogens is 392 g/mol. The van der Waals surface area contributed by atoms with E-state index in [2.05, 4.69) is 0 Å². The van der Waals surface area contributed by atoms with Gasteiger partial charge in [-0.15, -0.1) is 11.3 Å². The lowest BCUT2D eigenvalue weighted by Crippen LogP contribution is -2.40. The van der Waals surface area contributed by atoms with Gasteiger partial charge in [0.1, 0.15) is 18.8 Å². The van der Waals surface area contributed by atoms with E-state index in [1.165, 1.54) is 32.1 Å². The molecule has 1 aliphatic heterocycles. The molecule has 0 spiro atoms. The van der Waals surface area contributed by atoms with Gasteiger partial charge in [0.25, 0.3) is 0 Å². The fourth-order valence-corrected chi connectivity index (χ4v) is 3.71. The molecule has 0 aromatic carbocycles. The van der Waals surface area contributed by atoms with E-state index in [-0.39, 0.29) is 13.2 Å². The molecule has 1 aromatic heterocycles. The standard InChI is InChI=1S/C18H22O9S/c1-5-23-18(22)12-6-14(28-8-12)16-17(26-11(4)21)15(25-10(3)20)13(27-16)7-24-9(2)19/h6,8,13,15-17H,5,7H2,1-4H3/t13-,15-,16-,17-/m1/s1. The topological polar surface area (TPSA) is 114 Å². The van der Waals surface area contributed by atoms with Crippen molar-refractivity contribution >= 4 is 35.2 Å². The van der Waals surface area contributed by atoms with Crippen LogP contribution in [-0.4, -0.2) is 55.4 Å². The fourth-order valence-electron chi connectivity index (χ4n) is 2.77. The van der Waals surface area contributed by atoms with Crippen molar-refractivity contribution in [2.24, 2.45) is 0 Å². The van der Waals surface area contributed by atoms with Gasteiger partial charge in [-0.1, -0.05) is 0 Å². The van der Waals surface area contributed by atoms with Crippen molar-refractivity contribution in [1.29, 1.82) is 0 Å². The van der Waals surface area contributed by atoms with Gasteiger partial charge in [-0.05, 0) is 13.0 Å². The summed E-state index contributed by atoms with van der Waals surface area (Å²) < 4.78 is 26.5. The van der Waals surface area contributed by atoms with E-state index in [0.717, 1.165) is 0 Å². The van der Waals surface area contributed by atoms with Gasteiger partial charge in [0.2, 0.25) is 0 Å². The molecule has 1 fully saturated rings. The highest BCUT2D eigenvalue weighted by Crippen LogP contribution is 2.40. The molecule has 1 aromatic rings. The first-order chi connectivity index (χ1) is 13.2. The summed E-state index contributed by atoms with van der Waals surface area (Å²) in [4.78, 5) is 46.8. The number of rotatable bonds is 7. The van der Waals surface area contributed by atoms with Crippen molar-refractivity contribution in [2.45, 2.75) is 52.1 Å². The second-order valence-corrected chi connectivity index (χ2v) is 6.95. The largest absolute Gasteiger partial charge is 0.463 e. The lowest BCUT2D eigenvalue weighted by Gasteiger charge is -2.23. The Labute approximate surface area is 165 Å². The molecule has 1 aliphatic rings. The van der Waals surface area contributed by atoms with Crippen LogP contribution < -0.4 is 0 Å². The minimum atomic E-state index is -0.973. The summed E-state index contributed by atoms with van der Waals surface area (Å²) in [5, 5.41) is 1.60. The number of thiophene rings is 1. The summed E-state index contributed by atoms with van der Waals surface area (Å²) in [6, 6.07) is 1.57. The van der Waals surface area contributed by atoms with Crippen molar-refractivity contribution in [3.63, 3.8) is 0 Å². The Bertz CT molecular complexity index is 741. The first-order valence-electron chi connectivity index (χ1n) is 8.61. The summed E-state index contributed by atoms with van der Waals surface area (Å²) in [6.07, 6.45) is -3.58. The van der Waals surface area contributed by atoms with Crippen LogP contribution in [-0.2, 0) is 38.1 Å². The van der Waals surface area contributed by atoms with E-state index >= 15 is 0 Å². The number of carbonyl (C=O) groups is 4. The van der Waals surface area contributed by atoms with Crippen LogP contribution >= 0.6 is 11.3 Å². The Hall–Kier alpha value is -2.46. The van der Waals surface area contributed by atoms with Gasteiger partial charge < -0.3 is 23.7 Å². The zero-order valence-electron chi connectivity index (χ0n) is 16.0. The summed E-state index contributed by atoms with van der Waals surface area (Å²) in [7, 11) is 0. The van der Waals surface area contributed by atoms with Crippen LogP contribution in [0.2, 0.25) is 0 Å². The van der Waals surface area contributed by atoms with Crippen LogP contribution in [0.1, 0.15) is 49.0 Å². The number of ether oxygens (including phenoxy) is 5. The Balaban J connectivity index is 2.31. The van der Waals surface area contributed by atoms with Crippen molar-refractivity contribution in [1.82, 2.24) is 0 Å². The second-order valence-electron chi connectivity index (χ2n) is 6.00. The molecule has 0 unspecified atom stereocenters. The summed E-state index contributed by atoms with van der Waals surface area (Å²) >= 11 is 1.21. The van der Waals surface area contributed by atoms with Crippen LogP contribution in [0.15, 0.2) is 11.4 Å². The first-order valence-corrected chi connectivity index (χ1v) is 9.49. The minimum absolute atomic E-state index is 0.183. The van der Waals surface area contributed by atoms with Gasteiger partial charge in [0.15, 0.2) is 12.2 Å². The summed E-state index contributed by atoms with van der Waals surface area (Å²) in [6.45, 7) is 5.43. The number of hydrogen-bond acceptors (Lipinski definition) is 10. The monoisotopic (exact) mass is 414 g/mol. The van der Waals surface area contributed by atoms with E-state index in [9.17, 15) is 19.2 Å². The summed E-state index contributed by atoms with van der Waals surface area (Å²) in [5.74, 6) is -2.21. The Morgan fingerprint density at radius 2 is 1.64 bits per heavy atom. The highest BCUT2D eigenvalue weighted by molar-refractivity contribution is 7.10. The van der Waals surface area contributed by atoms with Crippen molar-refractivity contribution in [2.75, 3.05) is 13.2 Å². The molecule has 9 nitrogen and oxygen atoms in total. The van der Waals surface area contributed by atoms with Gasteiger partial charge in [-0.3, -0.25) is 14.4 Å². The van der Waals surface area contributed by atoms with Crippen LogP contribution in [0.5, 0.6) is 0 Å². The normalized spacial score (nSPS) is 23.7. The predicted octanol–water partition coefficient (Wildman–Crippen LogP) is 1.79. The van der Waals surface area contributed by atoms with E-state index in [1.54, 1.807) is 18.4 Å². The lowest BCUT2D eigenvalue weighted by atomic mass is 10.1. The minimum Gasteiger partial charge on any atom is -0.463 e. The molecule has 154 valence electrons. The third-order valence-electron chi connectivity index (χ3n) is 3.78. The Morgan fingerprint density at radius 3 is 2.21 bits per heavy atom. The molecule has 0 amide bonds. The van der Waals surface area contributed by atoms with E-state index < -0.39 is 48.3 Å². The molecule has 10 heteroatoms. The van der Waals surface area contributed by atoms with Crippen molar-refractivity contribution < 1.29 is 42.9 Å². The molecule has 0 aliphatic carbocycles. The smallest absolute Gasteiger partial charge is 0.338 e. The molecular formula is C18H22O9S. The molecule has 28 heavy (non-hydrogen) atoms. The van der Waals surface area contributed by atoms with Crippen LogP contribution in [0, 0.1) is 0 Å². The zero-order chi connectivity index (χ0) is 20.8. The van der Waals surface area contributed by atoms with Crippen LogP contribution in [0.25, 0.3) is 0 Å². The average Bonchev–Trinajstić information content (AvgIpc) is 3.19. The number of esters is 4. The summed E-state index contributed by atoms with van der Waals surface area (Å²) in [5.41, 5.74) is 0.333. The highest BCUT2D eigenvalue weighted by Gasteiger charge is 2.50. The van der Waals surface area contributed by atoms with E-state index in [0.29, 0.717) is 10.4 Å². The average molecular weight is 414 g/mol. The third kappa shape index (κ3) is 5.52. The molecule has 1 saturated heterocycles. The molecule has 2 heterocycles. The molecule has 0 N–H and O–H groups in total. The molecule has 0 radical (unpaired) electrons. The number of hydrogen-bond donors (Lipinski definition) is 0. The molecule has 0 saturated carbocycles. The zero-order valence-corrected chi connectivity index (χ0v) is 16.8. The van der Waals surface area contributed by atoms with Gasteiger partial charge in [-0.25, -0.2) is 4.79 Å². The first kappa shape index (κ1) is 21.8. The lowest BCUT2D eigenvalue weighted by molar-refractivity contribution is -0.165. The van der Waals surface area contributed by atoms with Gasteiger partial charge >= 0.3 is 23.9 Å². The quantitative estimate of drug-likeness (QED) is 0.486. The van der Waals surface area contributed by atoms with Crippen LogP contribution in [0.4, 0.5) is 0 Å². The maximum Gasteiger partial charge on any atom is 0.338 e. The van der Waals surface area contributed by atoms with E-state index in [4.69, 9.17) is 23.7 Å². The van der Waals surface area contributed by atoms with Crippen LogP contribution in [0.3, 0.4) is 0 Å². The fraction of sp³-hybridized carbons (Fsp3) is 0.556. The molecule has 0 bridgehead atoms. The molecule has 4 atom stereocenters. The third-order valence-corrected chi connectivity index (χ3v) is 4.77. The maximum atomic E-state index is 11.9.